The first kappa shape index (κ1) is 21.4. The molecule has 0 aliphatic rings. The van der Waals surface area contributed by atoms with Gasteiger partial charge in [0, 0.05) is 29.3 Å². The molecular weight excluding hydrogens is 421 g/mol. The van der Waals surface area contributed by atoms with E-state index in [1.165, 1.54) is 23.0 Å². The summed E-state index contributed by atoms with van der Waals surface area (Å²) in [7, 11) is 0. The molecule has 32 heavy (non-hydrogen) atoms. The van der Waals surface area contributed by atoms with Gasteiger partial charge in [0.05, 0.1) is 16.9 Å². The molecule has 1 amide bonds. The molecule has 0 aliphatic heterocycles. The Labute approximate surface area is 180 Å². The monoisotopic (exact) mass is 440 g/mol. The first-order valence-corrected chi connectivity index (χ1v) is 9.77. The number of benzene rings is 2. The van der Waals surface area contributed by atoms with Crippen molar-refractivity contribution in [3.8, 4) is 5.69 Å². The van der Waals surface area contributed by atoms with E-state index in [1.807, 2.05) is 0 Å². The highest BCUT2D eigenvalue weighted by Gasteiger charge is 2.34. The van der Waals surface area contributed by atoms with Gasteiger partial charge in [0.1, 0.15) is 5.56 Å². The lowest BCUT2D eigenvalue weighted by molar-refractivity contribution is -0.138. The number of H-pyrrole nitrogens is 1. The number of aromatic nitrogens is 3. The number of alkyl halides is 3. The lowest BCUT2D eigenvalue weighted by Crippen LogP contribution is -2.29. The summed E-state index contributed by atoms with van der Waals surface area (Å²) in [4.78, 5) is 28.0. The Morgan fingerprint density at radius 1 is 1.12 bits per heavy atom. The van der Waals surface area contributed by atoms with Gasteiger partial charge in [0.2, 0.25) is 5.43 Å². The van der Waals surface area contributed by atoms with Crippen molar-refractivity contribution >= 4 is 16.8 Å². The highest BCUT2D eigenvalue weighted by molar-refractivity contribution is 5.97. The summed E-state index contributed by atoms with van der Waals surface area (Å²) in [6.45, 7) is 3.12. The molecule has 0 radical (unpaired) electrons. The number of hydrogen-bond acceptors (Lipinski definition) is 3. The molecule has 164 valence electrons. The molecule has 0 fully saturated rings. The van der Waals surface area contributed by atoms with E-state index in [0.717, 1.165) is 6.07 Å². The number of carbonyl (C=O) groups is 1. The first-order chi connectivity index (χ1) is 15.1. The van der Waals surface area contributed by atoms with E-state index in [9.17, 15) is 22.8 Å². The van der Waals surface area contributed by atoms with Crippen molar-refractivity contribution in [3.05, 3.63) is 93.0 Å². The Bertz CT molecular complexity index is 1390. The number of carbonyl (C=O) groups excluding carboxylic acids is 1. The number of amides is 1. The van der Waals surface area contributed by atoms with Gasteiger partial charge in [-0.05, 0) is 49.7 Å². The maximum atomic E-state index is 13.7. The third kappa shape index (κ3) is 4.01. The summed E-state index contributed by atoms with van der Waals surface area (Å²) >= 11 is 0. The molecule has 0 aliphatic carbocycles. The molecule has 0 saturated heterocycles. The lowest BCUT2D eigenvalue weighted by Gasteiger charge is -2.16. The van der Waals surface area contributed by atoms with Gasteiger partial charge in [-0.15, -0.1) is 0 Å². The van der Waals surface area contributed by atoms with Crippen LogP contribution in [-0.4, -0.2) is 20.7 Å². The largest absolute Gasteiger partial charge is 0.416 e. The molecule has 2 N–H and O–H groups in total. The molecule has 0 atom stereocenters. The summed E-state index contributed by atoms with van der Waals surface area (Å²) in [5.74, 6) is -0.757. The summed E-state index contributed by atoms with van der Waals surface area (Å²) in [6, 6.07) is 12.3. The van der Waals surface area contributed by atoms with Crippen LogP contribution in [0.1, 0.15) is 32.9 Å². The third-order valence-corrected chi connectivity index (χ3v) is 5.13. The number of aromatic amines is 1. The molecular formula is C23H19F3N4O2. The van der Waals surface area contributed by atoms with Gasteiger partial charge in [0.25, 0.3) is 5.91 Å². The molecule has 2 aromatic heterocycles. The van der Waals surface area contributed by atoms with E-state index < -0.39 is 29.6 Å². The van der Waals surface area contributed by atoms with Gasteiger partial charge in [-0.3, -0.25) is 9.59 Å². The summed E-state index contributed by atoms with van der Waals surface area (Å²) in [5.41, 5.74) is 0.560. The molecule has 9 heteroatoms. The van der Waals surface area contributed by atoms with E-state index in [2.05, 4.69) is 15.4 Å². The van der Waals surface area contributed by atoms with Gasteiger partial charge in [-0.25, -0.2) is 4.68 Å². The van der Waals surface area contributed by atoms with Crippen molar-refractivity contribution in [3.63, 3.8) is 0 Å². The van der Waals surface area contributed by atoms with E-state index in [1.54, 1.807) is 44.2 Å². The average molecular weight is 440 g/mol. The smallest absolute Gasteiger partial charge is 0.360 e. The van der Waals surface area contributed by atoms with Crippen LogP contribution in [0.25, 0.3) is 16.6 Å². The second-order valence-electron chi connectivity index (χ2n) is 7.44. The molecule has 2 aromatic carbocycles. The van der Waals surface area contributed by atoms with Crippen molar-refractivity contribution in [2.45, 2.75) is 26.6 Å². The number of aryl methyl sites for hydroxylation is 2. The van der Waals surface area contributed by atoms with Gasteiger partial charge in [0.15, 0.2) is 0 Å². The Kier molecular flexibility index (Phi) is 5.33. The van der Waals surface area contributed by atoms with Crippen molar-refractivity contribution in [2.75, 3.05) is 0 Å². The number of para-hydroxylation sites is 1. The van der Waals surface area contributed by atoms with Crippen molar-refractivity contribution in [1.29, 1.82) is 0 Å². The van der Waals surface area contributed by atoms with Crippen LogP contribution in [0.2, 0.25) is 0 Å². The number of nitrogens with one attached hydrogen (secondary N) is 2. The normalized spacial score (nSPS) is 11.7. The zero-order chi connectivity index (χ0) is 23.0. The fraction of sp³-hybridized carbons (Fsp3) is 0.174. The highest BCUT2D eigenvalue weighted by atomic mass is 19.4. The zero-order valence-electron chi connectivity index (χ0n) is 17.2. The van der Waals surface area contributed by atoms with Gasteiger partial charge >= 0.3 is 6.18 Å². The molecule has 0 bridgehead atoms. The Hall–Kier alpha value is -3.88. The van der Waals surface area contributed by atoms with Gasteiger partial charge in [-0.1, -0.05) is 18.2 Å². The van der Waals surface area contributed by atoms with Crippen LogP contribution >= 0.6 is 0 Å². The standard InChI is InChI=1S/C23H19F3N4O2/c1-13-9-14(2)30(29-13)16-8-7-15(19(10-16)23(24,25)26)11-28-22(32)18-12-27-20-6-4-3-5-17(20)21(18)31/h3-10,12H,11H2,1-2H3,(H,27,31)(H,28,32). The summed E-state index contributed by atoms with van der Waals surface area (Å²) in [6.07, 6.45) is -3.37. The Morgan fingerprint density at radius 3 is 2.56 bits per heavy atom. The summed E-state index contributed by atoms with van der Waals surface area (Å²) in [5, 5.41) is 6.97. The molecule has 2 heterocycles. The predicted molar refractivity (Wildman–Crippen MR) is 114 cm³/mol. The van der Waals surface area contributed by atoms with Gasteiger partial charge in [-0.2, -0.15) is 18.3 Å². The topological polar surface area (TPSA) is 79.8 Å². The van der Waals surface area contributed by atoms with E-state index in [0.29, 0.717) is 22.3 Å². The second-order valence-corrected chi connectivity index (χ2v) is 7.44. The van der Waals surface area contributed by atoms with Crippen LogP contribution in [0.3, 0.4) is 0 Å². The number of halogens is 3. The number of rotatable bonds is 4. The van der Waals surface area contributed by atoms with Crippen LogP contribution < -0.4 is 10.7 Å². The molecule has 0 spiro atoms. The number of hydrogen-bond donors (Lipinski definition) is 2. The van der Waals surface area contributed by atoms with Crippen molar-refractivity contribution in [2.24, 2.45) is 0 Å². The number of pyridine rings is 1. The van der Waals surface area contributed by atoms with Crippen LogP contribution in [0.4, 0.5) is 13.2 Å². The fourth-order valence-corrected chi connectivity index (χ4v) is 3.61. The van der Waals surface area contributed by atoms with Crippen LogP contribution in [-0.2, 0) is 12.7 Å². The molecule has 6 nitrogen and oxygen atoms in total. The van der Waals surface area contributed by atoms with Crippen molar-refractivity contribution < 1.29 is 18.0 Å². The Morgan fingerprint density at radius 2 is 1.88 bits per heavy atom. The second kappa shape index (κ2) is 7.99. The first-order valence-electron chi connectivity index (χ1n) is 9.77. The molecule has 0 saturated carbocycles. The lowest BCUT2D eigenvalue weighted by atomic mass is 10.1. The van der Waals surface area contributed by atoms with Crippen LogP contribution in [0.5, 0.6) is 0 Å². The molecule has 0 unspecified atom stereocenters. The molecule has 4 rings (SSSR count). The number of fused-ring (bicyclic) bond motifs is 1. The van der Waals surface area contributed by atoms with Crippen molar-refractivity contribution in [1.82, 2.24) is 20.1 Å². The minimum absolute atomic E-state index is 0.117. The zero-order valence-corrected chi connectivity index (χ0v) is 17.2. The number of nitrogens with zero attached hydrogens (tertiary/aromatic N) is 2. The quantitative estimate of drug-likeness (QED) is 0.497. The minimum atomic E-state index is -4.63. The van der Waals surface area contributed by atoms with Crippen LogP contribution in [0.15, 0.2) is 59.5 Å². The van der Waals surface area contributed by atoms with E-state index in [4.69, 9.17) is 0 Å². The third-order valence-electron chi connectivity index (χ3n) is 5.13. The van der Waals surface area contributed by atoms with Gasteiger partial charge < -0.3 is 10.3 Å². The Balaban J connectivity index is 1.63. The maximum Gasteiger partial charge on any atom is 0.416 e. The summed E-state index contributed by atoms with van der Waals surface area (Å²) < 4.78 is 42.6. The SMILES string of the molecule is Cc1cc(C)n(-c2ccc(CNC(=O)c3c[nH]c4ccccc4c3=O)c(C(F)(F)F)c2)n1. The minimum Gasteiger partial charge on any atom is -0.360 e. The predicted octanol–water partition coefficient (Wildman–Crippen LogP) is 4.28. The molecule has 4 aromatic rings. The van der Waals surface area contributed by atoms with Crippen LogP contribution in [0, 0.1) is 13.8 Å². The maximum absolute atomic E-state index is 13.7. The van der Waals surface area contributed by atoms with E-state index >= 15 is 0 Å². The van der Waals surface area contributed by atoms with E-state index in [-0.39, 0.29) is 16.8 Å². The highest BCUT2D eigenvalue weighted by Crippen LogP contribution is 2.33. The fourth-order valence-electron chi connectivity index (χ4n) is 3.61. The average Bonchev–Trinajstić information content (AvgIpc) is 3.09.